The molecule has 0 aliphatic heterocycles. The summed E-state index contributed by atoms with van der Waals surface area (Å²) in [5, 5.41) is 14.2. The third-order valence-corrected chi connectivity index (χ3v) is 3.78. The van der Waals surface area contributed by atoms with Crippen LogP contribution in [0.4, 0.5) is 5.69 Å². The molecule has 0 spiro atoms. The second-order valence-electron chi connectivity index (χ2n) is 5.63. The maximum Gasteiger partial charge on any atom is 0.256 e. The highest BCUT2D eigenvalue weighted by Crippen LogP contribution is 2.20. The van der Waals surface area contributed by atoms with Gasteiger partial charge in [-0.2, -0.15) is 10.1 Å². The molecule has 0 saturated carbocycles. The van der Waals surface area contributed by atoms with E-state index in [1.165, 1.54) is 0 Å². The van der Waals surface area contributed by atoms with Crippen LogP contribution in [-0.2, 0) is 6.61 Å². The van der Waals surface area contributed by atoms with Gasteiger partial charge in [0.25, 0.3) is 5.91 Å². The second-order valence-corrected chi connectivity index (χ2v) is 5.63. The molecular weight excluding hydrogens is 334 g/mol. The number of benzene rings is 2. The number of anilines is 1. The van der Waals surface area contributed by atoms with Crippen LogP contribution < -0.4 is 10.1 Å². The molecule has 130 valence electrons. The van der Waals surface area contributed by atoms with Crippen LogP contribution in [-0.4, -0.2) is 26.2 Å². The Morgan fingerprint density at radius 3 is 2.85 bits per heavy atom. The number of fused-ring (bicyclic) bond motifs is 1. The number of amides is 1. The molecule has 2 aromatic heterocycles. The number of ether oxygens (including phenoxy) is 1. The SMILES string of the molecule is Cc1nc(COc2ccc(NC(=O)c3cccc4[nH]ncc34)cc2)no1. The van der Waals surface area contributed by atoms with E-state index in [4.69, 9.17) is 9.26 Å². The summed E-state index contributed by atoms with van der Waals surface area (Å²) in [6.07, 6.45) is 1.64. The van der Waals surface area contributed by atoms with Gasteiger partial charge in [0.1, 0.15) is 5.75 Å². The van der Waals surface area contributed by atoms with Crippen molar-refractivity contribution in [2.24, 2.45) is 0 Å². The predicted molar refractivity (Wildman–Crippen MR) is 93.9 cm³/mol. The van der Waals surface area contributed by atoms with Crippen LogP contribution in [0.25, 0.3) is 10.9 Å². The summed E-state index contributed by atoms with van der Waals surface area (Å²) in [6.45, 7) is 1.93. The molecule has 2 N–H and O–H groups in total. The molecule has 0 fully saturated rings. The molecule has 0 atom stereocenters. The Bertz CT molecular complexity index is 1050. The van der Waals surface area contributed by atoms with Gasteiger partial charge in [0.05, 0.1) is 17.3 Å². The quantitative estimate of drug-likeness (QED) is 0.573. The summed E-state index contributed by atoms with van der Waals surface area (Å²) in [5.74, 6) is 1.41. The molecule has 0 saturated heterocycles. The topological polar surface area (TPSA) is 106 Å². The van der Waals surface area contributed by atoms with Gasteiger partial charge >= 0.3 is 0 Å². The first-order valence-electron chi connectivity index (χ1n) is 7.94. The first kappa shape index (κ1) is 15.8. The predicted octanol–water partition coefficient (Wildman–Crippen LogP) is 3.09. The van der Waals surface area contributed by atoms with Crippen molar-refractivity contribution >= 4 is 22.5 Å². The number of rotatable bonds is 5. The molecule has 4 rings (SSSR count). The summed E-state index contributed by atoms with van der Waals surface area (Å²) in [7, 11) is 0. The Morgan fingerprint density at radius 2 is 2.08 bits per heavy atom. The first-order valence-corrected chi connectivity index (χ1v) is 7.94. The van der Waals surface area contributed by atoms with Gasteiger partial charge in [-0.25, -0.2) is 0 Å². The first-order chi connectivity index (χ1) is 12.7. The van der Waals surface area contributed by atoms with Crippen LogP contribution >= 0.6 is 0 Å². The lowest BCUT2D eigenvalue weighted by Crippen LogP contribution is -2.12. The van der Waals surface area contributed by atoms with E-state index in [1.54, 1.807) is 43.5 Å². The third-order valence-electron chi connectivity index (χ3n) is 3.78. The smallest absolute Gasteiger partial charge is 0.256 e. The largest absolute Gasteiger partial charge is 0.485 e. The average Bonchev–Trinajstić information content (AvgIpc) is 3.29. The molecular formula is C18H15N5O3. The summed E-state index contributed by atoms with van der Waals surface area (Å²) in [6, 6.07) is 12.5. The lowest BCUT2D eigenvalue weighted by atomic mass is 10.1. The minimum absolute atomic E-state index is 0.201. The number of nitrogens with zero attached hydrogens (tertiary/aromatic N) is 3. The van der Waals surface area contributed by atoms with Crippen molar-refractivity contribution in [3.63, 3.8) is 0 Å². The van der Waals surface area contributed by atoms with Crippen LogP contribution in [0.1, 0.15) is 22.1 Å². The van der Waals surface area contributed by atoms with E-state index in [2.05, 4.69) is 25.7 Å². The fourth-order valence-corrected chi connectivity index (χ4v) is 2.55. The van der Waals surface area contributed by atoms with Crippen molar-refractivity contribution in [1.29, 1.82) is 0 Å². The molecule has 0 radical (unpaired) electrons. The van der Waals surface area contributed by atoms with E-state index < -0.39 is 0 Å². The van der Waals surface area contributed by atoms with Crippen molar-refractivity contribution in [2.75, 3.05) is 5.32 Å². The van der Waals surface area contributed by atoms with Crippen LogP contribution in [0.3, 0.4) is 0 Å². The zero-order valence-corrected chi connectivity index (χ0v) is 13.9. The summed E-state index contributed by atoms with van der Waals surface area (Å²) in [4.78, 5) is 16.6. The highest BCUT2D eigenvalue weighted by Gasteiger charge is 2.11. The van der Waals surface area contributed by atoms with E-state index in [0.717, 1.165) is 10.9 Å². The maximum absolute atomic E-state index is 12.5. The monoisotopic (exact) mass is 349 g/mol. The van der Waals surface area contributed by atoms with Gasteiger partial charge in [0, 0.05) is 18.0 Å². The van der Waals surface area contributed by atoms with E-state index in [-0.39, 0.29) is 12.5 Å². The molecule has 2 aromatic carbocycles. The maximum atomic E-state index is 12.5. The molecule has 2 heterocycles. The van der Waals surface area contributed by atoms with Crippen LogP contribution in [0.2, 0.25) is 0 Å². The molecule has 26 heavy (non-hydrogen) atoms. The number of hydrogen-bond donors (Lipinski definition) is 2. The lowest BCUT2D eigenvalue weighted by molar-refractivity contribution is 0.102. The van der Waals surface area contributed by atoms with Gasteiger partial charge in [-0.05, 0) is 36.4 Å². The fraction of sp³-hybridized carbons (Fsp3) is 0.111. The average molecular weight is 349 g/mol. The minimum atomic E-state index is -0.201. The zero-order valence-electron chi connectivity index (χ0n) is 13.9. The molecule has 0 unspecified atom stereocenters. The highest BCUT2D eigenvalue weighted by atomic mass is 16.5. The number of aromatic amines is 1. The number of aromatic nitrogens is 4. The summed E-state index contributed by atoms with van der Waals surface area (Å²) >= 11 is 0. The molecule has 0 bridgehead atoms. The lowest BCUT2D eigenvalue weighted by Gasteiger charge is -2.08. The third kappa shape index (κ3) is 3.25. The normalized spacial score (nSPS) is 10.8. The second kappa shape index (κ2) is 6.67. The fourth-order valence-electron chi connectivity index (χ4n) is 2.55. The number of hydrogen-bond acceptors (Lipinski definition) is 6. The Hall–Kier alpha value is -3.68. The number of nitrogens with one attached hydrogen (secondary N) is 2. The Kier molecular flexibility index (Phi) is 4.06. The molecule has 0 aliphatic carbocycles. The van der Waals surface area contributed by atoms with Crippen molar-refractivity contribution in [3.05, 3.63) is 65.9 Å². The summed E-state index contributed by atoms with van der Waals surface area (Å²) < 4.78 is 10.5. The number of carbonyl (C=O) groups is 1. The molecule has 8 nitrogen and oxygen atoms in total. The van der Waals surface area contributed by atoms with Crippen molar-refractivity contribution in [2.45, 2.75) is 13.5 Å². The van der Waals surface area contributed by atoms with Crippen LogP contribution in [0.5, 0.6) is 5.75 Å². The highest BCUT2D eigenvalue weighted by molar-refractivity contribution is 6.12. The van der Waals surface area contributed by atoms with E-state index in [9.17, 15) is 4.79 Å². The van der Waals surface area contributed by atoms with Gasteiger partial charge in [-0.1, -0.05) is 11.2 Å². The number of carbonyl (C=O) groups excluding carboxylic acids is 1. The standard InChI is InChI=1S/C18H15N5O3/c1-11-20-17(23-26-11)10-25-13-7-5-12(6-8-13)21-18(24)14-3-2-4-16-15(14)9-19-22-16/h2-9H,10H2,1H3,(H,19,22)(H,21,24). The molecule has 0 aliphatic rings. The van der Waals surface area contributed by atoms with Crippen molar-refractivity contribution < 1.29 is 14.1 Å². The van der Waals surface area contributed by atoms with Crippen LogP contribution in [0, 0.1) is 6.92 Å². The molecule has 4 aromatic rings. The Balaban J connectivity index is 1.42. The number of aryl methyl sites for hydroxylation is 1. The Labute approximate surface area is 148 Å². The van der Waals surface area contributed by atoms with Crippen molar-refractivity contribution in [3.8, 4) is 5.75 Å². The van der Waals surface area contributed by atoms with Gasteiger partial charge in [-0.3, -0.25) is 9.89 Å². The van der Waals surface area contributed by atoms with Gasteiger partial charge in [0.2, 0.25) is 11.7 Å². The van der Waals surface area contributed by atoms with Crippen LogP contribution in [0.15, 0.2) is 53.2 Å². The van der Waals surface area contributed by atoms with E-state index in [0.29, 0.717) is 28.7 Å². The number of H-pyrrole nitrogens is 1. The van der Waals surface area contributed by atoms with Crippen molar-refractivity contribution in [1.82, 2.24) is 20.3 Å². The summed E-state index contributed by atoms with van der Waals surface area (Å²) in [5.41, 5.74) is 2.04. The molecule has 8 heteroatoms. The van der Waals surface area contributed by atoms with E-state index >= 15 is 0 Å². The van der Waals surface area contributed by atoms with E-state index in [1.807, 2.05) is 12.1 Å². The zero-order chi connectivity index (χ0) is 17.9. The minimum Gasteiger partial charge on any atom is -0.485 e. The van der Waals surface area contributed by atoms with Gasteiger partial charge < -0.3 is 14.6 Å². The Morgan fingerprint density at radius 1 is 1.23 bits per heavy atom. The van der Waals surface area contributed by atoms with Gasteiger partial charge in [0.15, 0.2) is 6.61 Å². The van der Waals surface area contributed by atoms with Gasteiger partial charge in [-0.15, -0.1) is 0 Å². The molecule has 1 amide bonds.